The largest absolute Gasteiger partial charge is 0.355 e. The number of carbonyl (C=O) groups is 1. The van der Waals surface area contributed by atoms with Crippen molar-refractivity contribution in [3.05, 3.63) is 20.8 Å². The molecule has 1 rings (SSSR count). The van der Waals surface area contributed by atoms with Crippen LogP contribution in [0.4, 0.5) is 0 Å². The Morgan fingerprint density at radius 3 is 2.76 bits per heavy atom. The van der Waals surface area contributed by atoms with E-state index in [0.717, 1.165) is 23.2 Å². The number of carbonyl (C=O) groups excluding carboxylic acids is 1. The van der Waals surface area contributed by atoms with Crippen LogP contribution in [0.2, 0.25) is 0 Å². The summed E-state index contributed by atoms with van der Waals surface area (Å²) in [6.07, 6.45) is 2.51. The van der Waals surface area contributed by atoms with Crippen LogP contribution in [0.3, 0.4) is 0 Å². The third-order valence-electron chi connectivity index (χ3n) is 2.15. The molecule has 2 N–H and O–H groups in total. The maximum absolute atomic E-state index is 11.4. The monoisotopic (exact) mass is 340 g/mol. The number of thiophene rings is 1. The van der Waals surface area contributed by atoms with Crippen LogP contribution in [0.25, 0.3) is 0 Å². The highest BCUT2D eigenvalue weighted by atomic mass is 79.9. The summed E-state index contributed by atoms with van der Waals surface area (Å²) in [6, 6.07) is 4.15. The molecular weight excluding hydrogens is 324 g/mol. The van der Waals surface area contributed by atoms with Gasteiger partial charge in [-0.2, -0.15) is 0 Å². The molecule has 0 radical (unpaired) electrons. The van der Waals surface area contributed by atoms with E-state index in [-0.39, 0.29) is 18.3 Å². The number of likely N-dealkylation sites (N-methyl/N-ethyl adjacent to an activating group) is 1. The molecule has 0 spiro atoms. The Morgan fingerprint density at radius 2 is 2.18 bits per heavy atom. The smallest absolute Gasteiger partial charge is 0.220 e. The standard InChI is InChI=1S/C11H17BrN2OS.ClH/c1-13-7-8-14-11(15)4-2-3-9-5-6-10(12)16-9;/h5-6,13H,2-4,7-8H2,1H3,(H,14,15);1H. The summed E-state index contributed by atoms with van der Waals surface area (Å²) in [5.41, 5.74) is 0. The fraction of sp³-hybridized carbons (Fsp3) is 0.545. The second-order valence-corrected chi connectivity index (χ2v) is 6.06. The highest BCUT2D eigenvalue weighted by Crippen LogP contribution is 2.23. The topological polar surface area (TPSA) is 41.1 Å². The molecule has 17 heavy (non-hydrogen) atoms. The average Bonchev–Trinajstić information content (AvgIpc) is 2.65. The van der Waals surface area contributed by atoms with Crippen molar-refractivity contribution in [3.63, 3.8) is 0 Å². The highest BCUT2D eigenvalue weighted by Gasteiger charge is 2.02. The highest BCUT2D eigenvalue weighted by molar-refractivity contribution is 9.11. The molecule has 1 aromatic heterocycles. The van der Waals surface area contributed by atoms with Crippen molar-refractivity contribution in [2.24, 2.45) is 0 Å². The predicted octanol–water partition coefficient (Wildman–Crippen LogP) is 2.59. The van der Waals surface area contributed by atoms with E-state index in [1.165, 1.54) is 4.88 Å². The van der Waals surface area contributed by atoms with Crippen LogP contribution in [-0.2, 0) is 11.2 Å². The molecule has 1 aromatic rings. The van der Waals surface area contributed by atoms with E-state index in [4.69, 9.17) is 0 Å². The zero-order valence-corrected chi connectivity index (χ0v) is 13.0. The first-order chi connectivity index (χ1) is 7.72. The molecular formula is C11H18BrClN2OS. The van der Waals surface area contributed by atoms with Gasteiger partial charge in [-0.15, -0.1) is 23.7 Å². The van der Waals surface area contributed by atoms with Gasteiger partial charge < -0.3 is 10.6 Å². The Hall–Kier alpha value is -0.100. The average molecular weight is 342 g/mol. The van der Waals surface area contributed by atoms with Gasteiger partial charge >= 0.3 is 0 Å². The molecule has 0 fully saturated rings. The molecule has 3 nitrogen and oxygen atoms in total. The minimum atomic E-state index is 0. The van der Waals surface area contributed by atoms with Crippen LogP contribution in [0.1, 0.15) is 17.7 Å². The number of rotatable bonds is 7. The number of nitrogens with one attached hydrogen (secondary N) is 2. The third kappa shape index (κ3) is 7.76. The summed E-state index contributed by atoms with van der Waals surface area (Å²) >= 11 is 5.16. The summed E-state index contributed by atoms with van der Waals surface area (Å²) in [4.78, 5) is 12.7. The maximum atomic E-state index is 11.4. The van der Waals surface area contributed by atoms with Gasteiger partial charge in [-0.25, -0.2) is 0 Å². The minimum absolute atomic E-state index is 0. The molecule has 0 aliphatic heterocycles. The summed E-state index contributed by atoms with van der Waals surface area (Å²) < 4.78 is 1.15. The second kappa shape index (κ2) is 9.88. The first kappa shape index (κ1) is 16.9. The van der Waals surface area contributed by atoms with Crippen molar-refractivity contribution < 1.29 is 4.79 Å². The molecule has 6 heteroatoms. The van der Waals surface area contributed by atoms with Crippen molar-refractivity contribution in [3.8, 4) is 0 Å². The van der Waals surface area contributed by atoms with Gasteiger partial charge in [-0.05, 0) is 48.0 Å². The zero-order chi connectivity index (χ0) is 11.8. The Bertz CT molecular complexity index is 333. The number of amides is 1. The van der Waals surface area contributed by atoms with Crippen LogP contribution in [-0.4, -0.2) is 26.0 Å². The second-order valence-electron chi connectivity index (χ2n) is 3.51. The summed E-state index contributed by atoms with van der Waals surface area (Å²) in [5, 5.41) is 5.86. The molecule has 0 bridgehead atoms. The van der Waals surface area contributed by atoms with Crippen LogP contribution in [0.15, 0.2) is 15.9 Å². The Kier molecular flexibility index (Phi) is 9.82. The Labute approximate surface area is 121 Å². The summed E-state index contributed by atoms with van der Waals surface area (Å²) in [7, 11) is 1.88. The van der Waals surface area contributed by atoms with Crippen molar-refractivity contribution in [1.29, 1.82) is 0 Å². The van der Waals surface area contributed by atoms with E-state index in [2.05, 4.69) is 32.6 Å². The van der Waals surface area contributed by atoms with E-state index in [1.54, 1.807) is 11.3 Å². The van der Waals surface area contributed by atoms with Crippen LogP contribution < -0.4 is 10.6 Å². The van der Waals surface area contributed by atoms with Crippen molar-refractivity contribution in [2.45, 2.75) is 19.3 Å². The summed E-state index contributed by atoms with van der Waals surface area (Å²) in [5.74, 6) is 0.144. The Balaban J connectivity index is 0.00000256. The van der Waals surface area contributed by atoms with Gasteiger partial charge in [0, 0.05) is 24.4 Å². The van der Waals surface area contributed by atoms with Crippen LogP contribution >= 0.6 is 39.7 Å². The van der Waals surface area contributed by atoms with Crippen LogP contribution in [0.5, 0.6) is 0 Å². The van der Waals surface area contributed by atoms with Gasteiger partial charge in [0.05, 0.1) is 3.79 Å². The first-order valence-corrected chi connectivity index (χ1v) is 6.99. The zero-order valence-electron chi connectivity index (χ0n) is 9.79. The molecule has 0 aromatic carbocycles. The van der Waals surface area contributed by atoms with Gasteiger partial charge in [0.25, 0.3) is 0 Å². The van der Waals surface area contributed by atoms with Gasteiger partial charge in [-0.3, -0.25) is 4.79 Å². The summed E-state index contributed by atoms with van der Waals surface area (Å²) in [6.45, 7) is 1.53. The molecule has 0 unspecified atom stereocenters. The van der Waals surface area contributed by atoms with Crippen LogP contribution in [0, 0.1) is 0 Å². The Morgan fingerprint density at radius 1 is 1.41 bits per heavy atom. The molecule has 0 aliphatic carbocycles. The number of aryl methyl sites for hydroxylation is 1. The lowest BCUT2D eigenvalue weighted by Gasteiger charge is -2.03. The fourth-order valence-corrected chi connectivity index (χ4v) is 2.85. The van der Waals surface area contributed by atoms with Crippen molar-refractivity contribution in [2.75, 3.05) is 20.1 Å². The van der Waals surface area contributed by atoms with Crippen molar-refractivity contribution in [1.82, 2.24) is 10.6 Å². The maximum Gasteiger partial charge on any atom is 0.220 e. The third-order valence-corrected chi connectivity index (χ3v) is 3.84. The quantitative estimate of drug-likeness (QED) is 0.749. The molecule has 0 aliphatic rings. The number of halogens is 2. The lowest BCUT2D eigenvalue weighted by atomic mass is 10.2. The van der Waals surface area contributed by atoms with Gasteiger partial charge in [0.15, 0.2) is 0 Å². The van der Waals surface area contributed by atoms with Gasteiger partial charge in [0.2, 0.25) is 5.91 Å². The van der Waals surface area contributed by atoms with Gasteiger partial charge in [-0.1, -0.05) is 0 Å². The molecule has 0 atom stereocenters. The number of hydrogen-bond donors (Lipinski definition) is 2. The molecule has 98 valence electrons. The first-order valence-electron chi connectivity index (χ1n) is 5.38. The van der Waals surface area contributed by atoms with E-state index >= 15 is 0 Å². The van der Waals surface area contributed by atoms with E-state index in [0.29, 0.717) is 13.0 Å². The molecule has 1 heterocycles. The number of hydrogen-bond acceptors (Lipinski definition) is 3. The van der Waals surface area contributed by atoms with Gasteiger partial charge in [0.1, 0.15) is 0 Å². The van der Waals surface area contributed by atoms with E-state index < -0.39 is 0 Å². The normalized spacial score (nSPS) is 9.76. The lowest BCUT2D eigenvalue weighted by Crippen LogP contribution is -2.30. The SMILES string of the molecule is CNCCNC(=O)CCCc1ccc(Br)s1.Cl. The fourth-order valence-electron chi connectivity index (χ4n) is 1.32. The minimum Gasteiger partial charge on any atom is -0.355 e. The predicted molar refractivity (Wildman–Crippen MR) is 79.1 cm³/mol. The molecule has 0 saturated heterocycles. The lowest BCUT2D eigenvalue weighted by molar-refractivity contribution is -0.121. The molecule has 0 saturated carbocycles. The van der Waals surface area contributed by atoms with Crippen molar-refractivity contribution >= 4 is 45.6 Å². The van der Waals surface area contributed by atoms with E-state index in [1.807, 2.05) is 13.1 Å². The molecule has 1 amide bonds. The van der Waals surface area contributed by atoms with E-state index in [9.17, 15) is 4.79 Å².